The molecule has 0 saturated carbocycles. The van der Waals surface area contributed by atoms with E-state index in [0.29, 0.717) is 28.8 Å². The fourth-order valence-corrected chi connectivity index (χ4v) is 3.71. The van der Waals surface area contributed by atoms with Crippen LogP contribution in [0.4, 0.5) is 19.0 Å². The SMILES string of the molecule is Cn1ccc(-c2nc(N)c(C(=O)NCc3ccc(C(F)(F)F)cn3)nc2-c2ccc3ncccc3c2)n1. The fraction of sp³-hybridized carbons (Fsp3) is 0.120. The van der Waals surface area contributed by atoms with Gasteiger partial charge in [-0.25, -0.2) is 9.97 Å². The van der Waals surface area contributed by atoms with Crippen molar-refractivity contribution in [3.63, 3.8) is 0 Å². The summed E-state index contributed by atoms with van der Waals surface area (Å²) in [6.45, 7) is -0.128. The molecule has 0 aliphatic carbocycles. The molecule has 3 N–H and O–H groups in total. The third-order valence-corrected chi connectivity index (χ3v) is 5.55. The van der Waals surface area contributed by atoms with Crippen LogP contribution in [0.5, 0.6) is 0 Å². The number of nitrogens with two attached hydrogens (primary N) is 1. The van der Waals surface area contributed by atoms with Crippen LogP contribution in [0.15, 0.2) is 67.1 Å². The quantitative estimate of drug-likeness (QED) is 0.370. The zero-order chi connectivity index (χ0) is 26.2. The molecule has 4 aromatic heterocycles. The molecular weight excluding hydrogens is 485 g/mol. The normalized spacial score (nSPS) is 11.6. The lowest BCUT2D eigenvalue weighted by Gasteiger charge is -2.13. The Bertz CT molecular complexity index is 1610. The first kappa shape index (κ1) is 23.9. The fourth-order valence-electron chi connectivity index (χ4n) is 3.71. The molecule has 0 fully saturated rings. The highest BCUT2D eigenvalue weighted by atomic mass is 19.4. The number of nitrogens with zero attached hydrogens (tertiary/aromatic N) is 6. The lowest BCUT2D eigenvalue weighted by atomic mass is 10.0. The van der Waals surface area contributed by atoms with Crippen LogP contribution in [0, 0.1) is 0 Å². The Hall–Kier alpha value is -4.87. The average molecular weight is 504 g/mol. The van der Waals surface area contributed by atoms with Gasteiger partial charge in [-0.1, -0.05) is 12.1 Å². The Morgan fingerprint density at radius 1 is 1.05 bits per heavy atom. The zero-order valence-electron chi connectivity index (χ0n) is 19.4. The van der Waals surface area contributed by atoms with Gasteiger partial charge >= 0.3 is 6.18 Å². The van der Waals surface area contributed by atoms with Gasteiger partial charge in [-0.05, 0) is 36.4 Å². The number of hydrogen-bond donors (Lipinski definition) is 2. The summed E-state index contributed by atoms with van der Waals surface area (Å²) in [4.78, 5) is 30.1. The van der Waals surface area contributed by atoms with Crippen LogP contribution in [-0.4, -0.2) is 35.6 Å². The number of fused-ring (bicyclic) bond motifs is 1. The van der Waals surface area contributed by atoms with Crippen LogP contribution in [0.2, 0.25) is 0 Å². The predicted octanol–water partition coefficient (Wildman–Crippen LogP) is 4.02. The van der Waals surface area contributed by atoms with Crippen LogP contribution in [0.1, 0.15) is 21.7 Å². The second kappa shape index (κ2) is 9.30. The molecule has 0 unspecified atom stereocenters. The van der Waals surface area contributed by atoms with Gasteiger partial charge in [-0.3, -0.25) is 19.4 Å². The van der Waals surface area contributed by atoms with Crippen molar-refractivity contribution in [2.24, 2.45) is 7.05 Å². The van der Waals surface area contributed by atoms with Crippen LogP contribution in [-0.2, 0) is 19.8 Å². The predicted molar refractivity (Wildman–Crippen MR) is 130 cm³/mol. The van der Waals surface area contributed by atoms with Gasteiger partial charge in [0.15, 0.2) is 11.5 Å². The topological polar surface area (TPSA) is 124 Å². The number of halogens is 3. The van der Waals surface area contributed by atoms with E-state index in [9.17, 15) is 18.0 Å². The summed E-state index contributed by atoms with van der Waals surface area (Å²) >= 11 is 0. The van der Waals surface area contributed by atoms with Crippen LogP contribution in [0.25, 0.3) is 33.5 Å². The van der Waals surface area contributed by atoms with Crippen LogP contribution in [0.3, 0.4) is 0 Å². The second-order valence-corrected chi connectivity index (χ2v) is 8.16. The molecule has 186 valence electrons. The van der Waals surface area contributed by atoms with Gasteiger partial charge in [0.1, 0.15) is 11.4 Å². The van der Waals surface area contributed by atoms with Crippen molar-refractivity contribution in [1.29, 1.82) is 0 Å². The average Bonchev–Trinajstić information content (AvgIpc) is 3.32. The number of hydrogen-bond acceptors (Lipinski definition) is 7. The van der Waals surface area contributed by atoms with Gasteiger partial charge in [0.2, 0.25) is 0 Å². The van der Waals surface area contributed by atoms with E-state index in [2.05, 4.69) is 30.4 Å². The number of alkyl halides is 3. The standard InChI is InChI=1S/C25H19F3N8O/c1-36-10-8-19(35-36)21-20(15-4-7-18-14(11-15)3-2-9-30-18)33-22(23(29)34-21)24(37)32-13-17-6-5-16(12-31-17)25(26,27)28/h2-12H,13H2,1H3,(H2,29,34)(H,32,37). The first-order valence-corrected chi connectivity index (χ1v) is 11.0. The Morgan fingerprint density at radius 3 is 2.59 bits per heavy atom. The number of anilines is 1. The molecule has 37 heavy (non-hydrogen) atoms. The molecule has 0 spiro atoms. The van der Waals surface area contributed by atoms with Gasteiger partial charge in [0.05, 0.1) is 29.0 Å². The summed E-state index contributed by atoms with van der Waals surface area (Å²) in [6.07, 6.45) is -0.343. The number of carbonyl (C=O) groups is 1. The highest BCUT2D eigenvalue weighted by Crippen LogP contribution is 2.32. The van der Waals surface area contributed by atoms with E-state index in [-0.39, 0.29) is 23.8 Å². The molecule has 9 nitrogen and oxygen atoms in total. The number of benzene rings is 1. The molecule has 4 heterocycles. The molecule has 5 aromatic rings. The van der Waals surface area contributed by atoms with Crippen LogP contribution < -0.4 is 11.1 Å². The number of aryl methyl sites for hydroxylation is 1. The van der Waals surface area contributed by atoms with E-state index in [4.69, 9.17) is 5.73 Å². The Kier molecular flexibility index (Phi) is 5.99. The third kappa shape index (κ3) is 4.94. The van der Waals surface area contributed by atoms with Crippen LogP contribution >= 0.6 is 0 Å². The molecule has 0 radical (unpaired) electrons. The van der Waals surface area contributed by atoms with Gasteiger partial charge < -0.3 is 11.1 Å². The minimum absolute atomic E-state index is 0.121. The smallest absolute Gasteiger partial charge is 0.382 e. The molecule has 12 heteroatoms. The monoisotopic (exact) mass is 504 g/mol. The van der Waals surface area contributed by atoms with Crippen molar-refractivity contribution in [2.45, 2.75) is 12.7 Å². The van der Waals surface area contributed by atoms with E-state index >= 15 is 0 Å². The molecule has 0 saturated heterocycles. The molecule has 1 amide bonds. The molecular formula is C25H19F3N8O. The summed E-state index contributed by atoms with van der Waals surface area (Å²) in [5.41, 5.74) is 8.10. The highest BCUT2D eigenvalue weighted by molar-refractivity contribution is 5.98. The van der Waals surface area contributed by atoms with Gasteiger partial charge in [0.25, 0.3) is 5.91 Å². The van der Waals surface area contributed by atoms with Crippen molar-refractivity contribution >= 4 is 22.6 Å². The number of carbonyl (C=O) groups excluding carboxylic acids is 1. The number of aromatic nitrogens is 6. The largest absolute Gasteiger partial charge is 0.417 e. The summed E-state index contributed by atoms with van der Waals surface area (Å²) in [7, 11) is 1.76. The van der Waals surface area contributed by atoms with Crippen molar-refractivity contribution in [3.8, 4) is 22.6 Å². The summed E-state index contributed by atoms with van der Waals surface area (Å²) in [5, 5.41) is 7.86. The van der Waals surface area contributed by atoms with Crippen molar-refractivity contribution < 1.29 is 18.0 Å². The molecule has 0 aliphatic rings. The minimum Gasteiger partial charge on any atom is -0.382 e. The second-order valence-electron chi connectivity index (χ2n) is 8.16. The van der Waals surface area contributed by atoms with Crippen molar-refractivity contribution in [1.82, 2.24) is 35.0 Å². The maximum Gasteiger partial charge on any atom is 0.417 e. The maximum absolute atomic E-state index is 13.0. The lowest BCUT2D eigenvalue weighted by molar-refractivity contribution is -0.137. The molecule has 0 bridgehead atoms. The van der Waals surface area contributed by atoms with E-state index in [1.54, 1.807) is 30.2 Å². The van der Waals surface area contributed by atoms with E-state index in [0.717, 1.165) is 17.0 Å². The lowest BCUT2D eigenvalue weighted by Crippen LogP contribution is -2.26. The number of rotatable bonds is 5. The van der Waals surface area contributed by atoms with Crippen molar-refractivity contribution in [2.75, 3.05) is 5.73 Å². The van der Waals surface area contributed by atoms with Gasteiger partial charge in [-0.15, -0.1) is 0 Å². The summed E-state index contributed by atoms with van der Waals surface area (Å²) < 4.78 is 39.9. The Balaban J connectivity index is 1.50. The number of amides is 1. The molecule has 1 aromatic carbocycles. The molecule has 0 aliphatic heterocycles. The first-order valence-electron chi connectivity index (χ1n) is 11.0. The van der Waals surface area contributed by atoms with E-state index in [1.165, 1.54) is 6.07 Å². The number of nitrogen functional groups attached to an aromatic ring is 1. The third-order valence-electron chi connectivity index (χ3n) is 5.55. The first-order chi connectivity index (χ1) is 17.7. The number of pyridine rings is 2. The summed E-state index contributed by atoms with van der Waals surface area (Å²) in [5.74, 6) is -0.771. The summed E-state index contributed by atoms with van der Waals surface area (Å²) in [6, 6.07) is 13.1. The Labute approximate surface area is 208 Å². The Morgan fingerprint density at radius 2 is 1.89 bits per heavy atom. The zero-order valence-corrected chi connectivity index (χ0v) is 19.4. The maximum atomic E-state index is 13.0. The number of nitrogens with one attached hydrogen (secondary N) is 1. The van der Waals surface area contributed by atoms with Gasteiger partial charge in [0, 0.05) is 36.6 Å². The van der Waals surface area contributed by atoms with E-state index < -0.39 is 17.6 Å². The molecule has 5 rings (SSSR count). The van der Waals surface area contributed by atoms with Gasteiger partial charge in [-0.2, -0.15) is 18.3 Å². The van der Waals surface area contributed by atoms with E-state index in [1.807, 2.05) is 30.3 Å². The van der Waals surface area contributed by atoms with Crippen molar-refractivity contribution in [3.05, 3.63) is 84.1 Å². The minimum atomic E-state index is -4.50. The highest BCUT2D eigenvalue weighted by Gasteiger charge is 2.30. The molecule has 0 atom stereocenters.